The number of rotatable bonds is 5. The van der Waals surface area contributed by atoms with E-state index in [9.17, 15) is 8.42 Å². The van der Waals surface area contributed by atoms with Gasteiger partial charge in [-0.2, -0.15) is 0 Å². The molecule has 5 nitrogen and oxygen atoms in total. The van der Waals surface area contributed by atoms with E-state index in [1.165, 1.54) is 12.3 Å². The molecular weight excluding hydrogens is 262 g/mol. The van der Waals surface area contributed by atoms with Gasteiger partial charge in [-0.1, -0.05) is 36.4 Å². The van der Waals surface area contributed by atoms with Crippen molar-refractivity contribution in [2.75, 3.05) is 0 Å². The maximum Gasteiger partial charge on any atom is 0.258 e. The van der Waals surface area contributed by atoms with Gasteiger partial charge in [-0.3, -0.25) is 0 Å². The molecule has 6 heteroatoms. The molecule has 0 amide bonds. The number of nitrogens with one attached hydrogen (secondary N) is 1. The number of hydrogen-bond acceptors (Lipinski definition) is 4. The molecule has 2 rings (SSSR count). The fraction of sp³-hybridized carbons (Fsp3) is 0.154. The molecule has 0 saturated heterocycles. The molecule has 3 N–H and O–H groups in total. The van der Waals surface area contributed by atoms with Gasteiger partial charge in [0, 0.05) is 19.3 Å². The van der Waals surface area contributed by atoms with Crippen molar-refractivity contribution in [3.63, 3.8) is 0 Å². The van der Waals surface area contributed by atoms with E-state index in [0.717, 1.165) is 11.1 Å². The van der Waals surface area contributed by atoms with Crippen molar-refractivity contribution in [2.24, 2.45) is 5.73 Å². The molecule has 100 valence electrons. The van der Waals surface area contributed by atoms with Crippen LogP contribution in [0.25, 0.3) is 0 Å². The minimum absolute atomic E-state index is 0.000584. The van der Waals surface area contributed by atoms with Crippen molar-refractivity contribution in [3.8, 4) is 0 Å². The van der Waals surface area contributed by atoms with Crippen LogP contribution in [0.2, 0.25) is 0 Å². The molecule has 0 aliphatic rings. The van der Waals surface area contributed by atoms with Crippen molar-refractivity contribution in [1.29, 1.82) is 0 Å². The van der Waals surface area contributed by atoms with E-state index >= 15 is 0 Å². The van der Waals surface area contributed by atoms with Crippen molar-refractivity contribution in [3.05, 3.63) is 59.8 Å². The summed E-state index contributed by atoms with van der Waals surface area (Å²) in [5.74, 6) is 0. The van der Waals surface area contributed by atoms with E-state index in [4.69, 9.17) is 5.73 Å². The van der Waals surface area contributed by atoms with Gasteiger partial charge in [0.15, 0.2) is 5.03 Å². The third kappa shape index (κ3) is 3.60. The van der Waals surface area contributed by atoms with Crippen molar-refractivity contribution in [1.82, 2.24) is 9.71 Å². The molecule has 19 heavy (non-hydrogen) atoms. The van der Waals surface area contributed by atoms with Crippen molar-refractivity contribution in [2.45, 2.75) is 18.1 Å². The van der Waals surface area contributed by atoms with Gasteiger partial charge in [-0.15, -0.1) is 0 Å². The molecule has 0 unspecified atom stereocenters. The number of nitrogens with two attached hydrogens (primary N) is 1. The van der Waals surface area contributed by atoms with Crippen LogP contribution in [-0.2, 0) is 23.1 Å². The second-order valence-electron chi connectivity index (χ2n) is 4.02. The lowest BCUT2D eigenvalue weighted by Gasteiger charge is -2.06. The average Bonchev–Trinajstić information content (AvgIpc) is 2.46. The minimum atomic E-state index is -3.59. The summed E-state index contributed by atoms with van der Waals surface area (Å²) < 4.78 is 26.5. The van der Waals surface area contributed by atoms with Crippen LogP contribution in [-0.4, -0.2) is 13.4 Å². The zero-order chi connectivity index (χ0) is 13.7. The highest BCUT2D eigenvalue weighted by molar-refractivity contribution is 7.89. The van der Waals surface area contributed by atoms with E-state index in [2.05, 4.69) is 9.71 Å². The predicted molar refractivity (Wildman–Crippen MR) is 72.6 cm³/mol. The number of nitrogens with zero attached hydrogens (tertiary/aromatic N) is 1. The molecule has 2 aromatic rings. The Kier molecular flexibility index (Phi) is 4.26. The van der Waals surface area contributed by atoms with Crippen LogP contribution in [0.3, 0.4) is 0 Å². The van der Waals surface area contributed by atoms with Crippen LogP contribution in [0.1, 0.15) is 11.1 Å². The third-order valence-corrected chi connectivity index (χ3v) is 3.93. The Morgan fingerprint density at radius 3 is 2.37 bits per heavy atom. The third-order valence-electron chi connectivity index (χ3n) is 2.62. The molecule has 1 heterocycles. The van der Waals surface area contributed by atoms with Gasteiger partial charge in [-0.25, -0.2) is 18.1 Å². The Morgan fingerprint density at radius 1 is 1.05 bits per heavy atom. The van der Waals surface area contributed by atoms with Gasteiger partial charge >= 0.3 is 0 Å². The maximum absolute atomic E-state index is 12.0. The molecular formula is C13H15N3O2S. The SMILES string of the molecule is NCc1ccc(S(=O)(=O)NCc2ccccc2)nc1. The van der Waals surface area contributed by atoms with Gasteiger partial charge in [0.05, 0.1) is 0 Å². The first-order valence-corrected chi connectivity index (χ1v) is 7.29. The topological polar surface area (TPSA) is 85.1 Å². The smallest absolute Gasteiger partial charge is 0.258 e. The maximum atomic E-state index is 12.0. The summed E-state index contributed by atoms with van der Waals surface area (Å²) in [4.78, 5) is 3.90. The number of pyridine rings is 1. The zero-order valence-electron chi connectivity index (χ0n) is 10.3. The summed E-state index contributed by atoms with van der Waals surface area (Å²) in [5.41, 5.74) is 7.13. The molecule has 0 radical (unpaired) electrons. The monoisotopic (exact) mass is 277 g/mol. The lowest BCUT2D eigenvalue weighted by atomic mass is 10.2. The molecule has 0 bridgehead atoms. The van der Waals surface area contributed by atoms with Crippen LogP contribution >= 0.6 is 0 Å². The van der Waals surface area contributed by atoms with Crippen LogP contribution in [0.4, 0.5) is 0 Å². The summed E-state index contributed by atoms with van der Waals surface area (Å²) in [5, 5.41) is 0.000584. The van der Waals surface area contributed by atoms with Crippen LogP contribution in [0.5, 0.6) is 0 Å². The Morgan fingerprint density at radius 2 is 1.79 bits per heavy atom. The Hall–Kier alpha value is -1.76. The van der Waals surface area contributed by atoms with Gasteiger partial charge in [-0.05, 0) is 17.2 Å². The van der Waals surface area contributed by atoms with E-state index in [-0.39, 0.29) is 11.6 Å². The number of benzene rings is 1. The van der Waals surface area contributed by atoms with Gasteiger partial charge in [0.1, 0.15) is 0 Å². The molecule has 0 aliphatic heterocycles. The number of aromatic nitrogens is 1. The van der Waals surface area contributed by atoms with Crippen LogP contribution in [0, 0.1) is 0 Å². The molecule has 0 fully saturated rings. The lowest BCUT2D eigenvalue weighted by molar-refractivity contribution is 0.577. The van der Waals surface area contributed by atoms with Gasteiger partial charge in [0.2, 0.25) is 0 Å². The van der Waals surface area contributed by atoms with Crippen LogP contribution in [0.15, 0.2) is 53.7 Å². The highest BCUT2D eigenvalue weighted by Gasteiger charge is 2.14. The van der Waals surface area contributed by atoms with Gasteiger partial charge in [0.25, 0.3) is 10.0 Å². The molecule has 1 aromatic heterocycles. The van der Waals surface area contributed by atoms with Gasteiger partial charge < -0.3 is 5.73 Å². The fourth-order valence-electron chi connectivity index (χ4n) is 1.54. The molecule has 0 saturated carbocycles. The second kappa shape index (κ2) is 5.92. The first-order valence-electron chi connectivity index (χ1n) is 5.80. The van der Waals surface area contributed by atoms with Crippen LogP contribution < -0.4 is 10.5 Å². The predicted octanol–water partition coefficient (Wildman–Crippen LogP) is 1.02. The summed E-state index contributed by atoms with van der Waals surface area (Å²) >= 11 is 0. The highest BCUT2D eigenvalue weighted by atomic mass is 32.2. The summed E-state index contributed by atoms with van der Waals surface area (Å²) in [6.45, 7) is 0.578. The first kappa shape index (κ1) is 13.7. The summed E-state index contributed by atoms with van der Waals surface area (Å²) in [6.07, 6.45) is 1.47. The minimum Gasteiger partial charge on any atom is -0.326 e. The van der Waals surface area contributed by atoms with Crippen molar-refractivity contribution >= 4 is 10.0 Å². The average molecular weight is 277 g/mol. The standard InChI is InChI=1S/C13H15N3O2S/c14-8-12-6-7-13(15-9-12)19(17,18)16-10-11-4-2-1-3-5-11/h1-7,9,16H,8,10,14H2. The fourth-order valence-corrected chi connectivity index (χ4v) is 2.48. The zero-order valence-corrected chi connectivity index (χ0v) is 11.1. The second-order valence-corrected chi connectivity index (χ2v) is 5.73. The highest BCUT2D eigenvalue weighted by Crippen LogP contribution is 2.07. The number of sulfonamides is 1. The molecule has 0 aliphatic carbocycles. The quantitative estimate of drug-likeness (QED) is 0.854. The van der Waals surface area contributed by atoms with Crippen molar-refractivity contribution < 1.29 is 8.42 Å². The number of hydrogen-bond donors (Lipinski definition) is 2. The molecule has 1 aromatic carbocycles. The molecule has 0 atom stereocenters. The Bertz CT molecular complexity index is 625. The first-order chi connectivity index (χ1) is 9.12. The largest absolute Gasteiger partial charge is 0.326 e. The normalized spacial score (nSPS) is 11.4. The summed E-state index contributed by atoms with van der Waals surface area (Å²) in [6, 6.07) is 12.4. The van der Waals surface area contributed by atoms with E-state index in [1.54, 1.807) is 6.07 Å². The van der Waals surface area contributed by atoms with E-state index in [1.807, 2.05) is 30.3 Å². The van der Waals surface area contributed by atoms with E-state index in [0.29, 0.717) is 6.54 Å². The summed E-state index contributed by atoms with van der Waals surface area (Å²) in [7, 11) is -3.59. The Labute approximate surface area is 112 Å². The Balaban J connectivity index is 2.09. The lowest BCUT2D eigenvalue weighted by Crippen LogP contribution is -2.24. The van der Waals surface area contributed by atoms with E-state index < -0.39 is 10.0 Å². The molecule has 0 spiro atoms.